The summed E-state index contributed by atoms with van der Waals surface area (Å²) in [7, 11) is 0. The minimum Gasteiger partial charge on any atom is -0.465 e. The highest BCUT2D eigenvalue weighted by molar-refractivity contribution is 5.13. The lowest BCUT2D eigenvalue weighted by molar-refractivity contribution is 0.108. The molecular formula is C16H28N2O. The van der Waals surface area contributed by atoms with Crippen molar-refractivity contribution in [3.63, 3.8) is 0 Å². The number of aryl methyl sites for hydroxylation is 1. The van der Waals surface area contributed by atoms with Gasteiger partial charge in [-0.3, -0.25) is 4.90 Å². The van der Waals surface area contributed by atoms with Crippen LogP contribution in [-0.4, -0.2) is 23.5 Å². The maximum absolute atomic E-state index is 6.40. The Morgan fingerprint density at radius 3 is 2.68 bits per heavy atom. The van der Waals surface area contributed by atoms with E-state index in [9.17, 15) is 0 Å². The minimum atomic E-state index is 0.143. The summed E-state index contributed by atoms with van der Waals surface area (Å²) in [5, 5.41) is 0. The van der Waals surface area contributed by atoms with Gasteiger partial charge in [0.15, 0.2) is 0 Å². The molecule has 0 radical (unpaired) electrons. The van der Waals surface area contributed by atoms with Gasteiger partial charge in [-0.25, -0.2) is 0 Å². The van der Waals surface area contributed by atoms with E-state index in [1.165, 1.54) is 12.8 Å². The topological polar surface area (TPSA) is 42.4 Å². The first-order valence-electron chi connectivity index (χ1n) is 7.62. The molecule has 0 amide bonds. The van der Waals surface area contributed by atoms with Crippen LogP contribution in [0.25, 0.3) is 0 Å². The average molecular weight is 264 g/mol. The van der Waals surface area contributed by atoms with Crippen LogP contribution in [0.15, 0.2) is 16.5 Å². The van der Waals surface area contributed by atoms with Crippen LogP contribution in [0.2, 0.25) is 0 Å². The highest BCUT2D eigenvalue weighted by Crippen LogP contribution is 2.35. The predicted octanol–water partition coefficient (Wildman–Crippen LogP) is 3.49. The van der Waals surface area contributed by atoms with E-state index < -0.39 is 0 Å². The van der Waals surface area contributed by atoms with Crippen molar-refractivity contribution in [2.45, 2.75) is 65.1 Å². The van der Waals surface area contributed by atoms with E-state index in [1.54, 1.807) is 0 Å². The number of nitrogens with zero attached hydrogens (tertiary/aromatic N) is 1. The Hall–Kier alpha value is -0.800. The monoisotopic (exact) mass is 264 g/mol. The zero-order valence-corrected chi connectivity index (χ0v) is 12.7. The maximum atomic E-state index is 6.40. The molecule has 19 heavy (non-hydrogen) atoms. The molecule has 0 spiro atoms. The molecule has 1 aromatic heterocycles. The predicted molar refractivity (Wildman–Crippen MR) is 79.0 cm³/mol. The number of furan rings is 1. The van der Waals surface area contributed by atoms with Crippen LogP contribution in [0.5, 0.6) is 0 Å². The fourth-order valence-corrected chi connectivity index (χ4v) is 3.33. The van der Waals surface area contributed by atoms with Crippen molar-refractivity contribution in [1.29, 1.82) is 0 Å². The van der Waals surface area contributed by atoms with Gasteiger partial charge in [-0.2, -0.15) is 0 Å². The first kappa shape index (κ1) is 14.6. The Labute approximate surface area is 117 Å². The summed E-state index contributed by atoms with van der Waals surface area (Å²) in [5.74, 6) is 2.69. The lowest BCUT2D eigenvalue weighted by atomic mass is 9.96. The summed E-state index contributed by atoms with van der Waals surface area (Å²) in [6, 6.07) is 5.16. The van der Waals surface area contributed by atoms with Gasteiger partial charge >= 0.3 is 0 Å². The third-order valence-electron chi connectivity index (χ3n) is 4.40. The van der Waals surface area contributed by atoms with E-state index in [1.807, 2.05) is 13.0 Å². The lowest BCUT2D eigenvalue weighted by Crippen LogP contribution is -2.44. The van der Waals surface area contributed by atoms with Crippen LogP contribution in [-0.2, 0) is 0 Å². The number of nitrogens with two attached hydrogens (primary N) is 1. The Balaban J connectivity index is 2.27. The molecule has 1 aromatic rings. The summed E-state index contributed by atoms with van der Waals surface area (Å²) in [5.41, 5.74) is 6.40. The molecule has 3 heteroatoms. The van der Waals surface area contributed by atoms with E-state index in [0.29, 0.717) is 12.0 Å². The molecule has 1 saturated heterocycles. The van der Waals surface area contributed by atoms with Gasteiger partial charge in [0.1, 0.15) is 11.5 Å². The van der Waals surface area contributed by atoms with Crippen LogP contribution >= 0.6 is 0 Å². The molecule has 0 aromatic carbocycles. The Bertz CT molecular complexity index is 399. The zero-order valence-electron chi connectivity index (χ0n) is 12.7. The van der Waals surface area contributed by atoms with Gasteiger partial charge in [0.2, 0.25) is 0 Å². The molecule has 0 aliphatic carbocycles. The van der Waals surface area contributed by atoms with E-state index in [2.05, 4.69) is 31.7 Å². The fraction of sp³-hybridized carbons (Fsp3) is 0.750. The highest BCUT2D eigenvalue weighted by atomic mass is 16.3. The molecule has 0 saturated carbocycles. The van der Waals surface area contributed by atoms with E-state index in [0.717, 1.165) is 24.5 Å². The number of hydrogen-bond donors (Lipinski definition) is 1. The number of hydrogen-bond acceptors (Lipinski definition) is 3. The van der Waals surface area contributed by atoms with Crippen LogP contribution < -0.4 is 5.73 Å². The quantitative estimate of drug-likeness (QED) is 0.885. The van der Waals surface area contributed by atoms with E-state index in [4.69, 9.17) is 10.2 Å². The summed E-state index contributed by atoms with van der Waals surface area (Å²) in [4.78, 5) is 2.58. The highest BCUT2D eigenvalue weighted by Gasteiger charge is 2.37. The van der Waals surface area contributed by atoms with Gasteiger partial charge in [0, 0.05) is 12.1 Å². The summed E-state index contributed by atoms with van der Waals surface area (Å²) in [6.07, 6.45) is 3.53. The molecule has 0 bridgehead atoms. The maximum Gasteiger partial charge on any atom is 0.122 e. The van der Waals surface area contributed by atoms with Gasteiger partial charge in [-0.1, -0.05) is 20.8 Å². The summed E-state index contributed by atoms with van der Waals surface area (Å²) in [6.45, 7) is 9.92. The third kappa shape index (κ3) is 3.03. The smallest absolute Gasteiger partial charge is 0.122 e. The number of rotatable bonds is 5. The summed E-state index contributed by atoms with van der Waals surface area (Å²) >= 11 is 0. The lowest BCUT2D eigenvalue weighted by Gasteiger charge is -2.37. The van der Waals surface area contributed by atoms with Crippen molar-refractivity contribution in [2.24, 2.45) is 11.7 Å². The van der Waals surface area contributed by atoms with Crippen molar-refractivity contribution in [2.75, 3.05) is 6.54 Å². The minimum absolute atomic E-state index is 0.143. The second kappa shape index (κ2) is 6.10. The normalized spacial score (nSPS) is 24.0. The first-order chi connectivity index (χ1) is 9.04. The molecule has 2 N–H and O–H groups in total. The van der Waals surface area contributed by atoms with Gasteiger partial charge in [-0.05, 0) is 50.8 Å². The van der Waals surface area contributed by atoms with Crippen molar-refractivity contribution in [1.82, 2.24) is 4.90 Å². The molecule has 1 fully saturated rings. The van der Waals surface area contributed by atoms with E-state index >= 15 is 0 Å². The van der Waals surface area contributed by atoms with Crippen molar-refractivity contribution >= 4 is 0 Å². The molecular weight excluding hydrogens is 236 g/mol. The van der Waals surface area contributed by atoms with Crippen molar-refractivity contribution in [3.05, 3.63) is 23.7 Å². The molecule has 2 heterocycles. The molecule has 1 aliphatic rings. The third-order valence-corrected chi connectivity index (χ3v) is 4.40. The largest absolute Gasteiger partial charge is 0.465 e. The Morgan fingerprint density at radius 2 is 2.16 bits per heavy atom. The van der Waals surface area contributed by atoms with Crippen LogP contribution in [0, 0.1) is 12.8 Å². The average Bonchev–Trinajstić information content (AvgIpc) is 2.99. The molecule has 3 atom stereocenters. The van der Waals surface area contributed by atoms with Gasteiger partial charge in [0.05, 0.1) is 6.04 Å². The van der Waals surface area contributed by atoms with Gasteiger partial charge in [-0.15, -0.1) is 0 Å². The molecule has 3 nitrogen and oxygen atoms in total. The molecule has 2 rings (SSSR count). The molecule has 3 unspecified atom stereocenters. The number of likely N-dealkylation sites (tertiary alicyclic amines) is 1. The Kier molecular flexibility index (Phi) is 4.69. The SMILES string of the molecule is CCC(N)C(c1ccc(C)o1)N1CCCC1C(C)C. The van der Waals surface area contributed by atoms with Crippen LogP contribution in [0.4, 0.5) is 0 Å². The standard InChI is InChI=1S/C16H28N2O/c1-5-13(17)16(15-9-8-12(4)19-15)18-10-6-7-14(18)11(2)3/h8-9,11,13-14,16H,5-7,10,17H2,1-4H3. The summed E-state index contributed by atoms with van der Waals surface area (Å²) < 4.78 is 5.89. The van der Waals surface area contributed by atoms with E-state index in [-0.39, 0.29) is 12.1 Å². The molecule has 1 aliphatic heterocycles. The Morgan fingerprint density at radius 1 is 1.42 bits per heavy atom. The second-order valence-electron chi connectivity index (χ2n) is 6.16. The zero-order chi connectivity index (χ0) is 14.0. The van der Waals surface area contributed by atoms with Crippen molar-refractivity contribution in [3.8, 4) is 0 Å². The van der Waals surface area contributed by atoms with Crippen molar-refractivity contribution < 1.29 is 4.42 Å². The van der Waals surface area contributed by atoms with Crippen LogP contribution in [0.1, 0.15) is 57.6 Å². The first-order valence-corrected chi connectivity index (χ1v) is 7.62. The molecule has 108 valence electrons. The van der Waals surface area contributed by atoms with Crippen LogP contribution in [0.3, 0.4) is 0 Å². The fourth-order valence-electron chi connectivity index (χ4n) is 3.33. The van der Waals surface area contributed by atoms with Gasteiger partial charge in [0.25, 0.3) is 0 Å². The van der Waals surface area contributed by atoms with Gasteiger partial charge < -0.3 is 10.2 Å². The second-order valence-corrected chi connectivity index (χ2v) is 6.16.